The van der Waals surface area contributed by atoms with Crippen molar-refractivity contribution in [3.63, 3.8) is 0 Å². The highest BCUT2D eigenvalue weighted by atomic mass is 15.0. The molecule has 0 atom stereocenters. The smallest absolute Gasteiger partial charge is 0.137 e. The highest BCUT2D eigenvalue weighted by Crippen LogP contribution is 2.25. The third-order valence-corrected chi connectivity index (χ3v) is 3.70. The van der Waals surface area contributed by atoms with Crippen LogP contribution >= 0.6 is 0 Å². The van der Waals surface area contributed by atoms with E-state index in [0.29, 0.717) is 0 Å². The number of pyridine rings is 1. The summed E-state index contributed by atoms with van der Waals surface area (Å²) in [6, 6.07) is 14.9. The van der Waals surface area contributed by atoms with E-state index in [9.17, 15) is 0 Å². The van der Waals surface area contributed by atoms with Gasteiger partial charge in [0.15, 0.2) is 0 Å². The third kappa shape index (κ3) is 1.93. The molecule has 3 rings (SSSR count). The van der Waals surface area contributed by atoms with Gasteiger partial charge in [-0.25, -0.2) is 4.98 Å². The summed E-state index contributed by atoms with van der Waals surface area (Å²) in [6.45, 7) is 6.43. The van der Waals surface area contributed by atoms with Crippen molar-refractivity contribution in [2.45, 2.75) is 27.2 Å². The Morgan fingerprint density at radius 3 is 2.37 bits per heavy atom. The van der Waals surface area contributed by atoms with Crippen molar-refractivity contribution in [3.8, 4) is 11.3 Å². The molecule has 0 spiro atoms. The fourth-order valence-electron chi connectivity index (χ4n) is 2.60. The lowest BCUT2D eigenvalue weighted by atomic mass is 10.1. The summed E-state index contributed by atoms with van der Waals surface area (Å²) >= 11 is 0. The first-order valence-corrected chi connectivity index (χ1v) is 6.74. The Hall–Kier alpha value is -2.09. The summed E-state index contributed by atoms with van der Waals surface area (Å²) in [5, 5.41) is 0. The second-order valence-electron chi connectivity index (χ2n) is 4.96. The second-order valence-corrected chi connectivity index (χ2v) is 4.96. The van der Waals surface area contributed by atoms with Crippen LogP contribution in [0.5, 0.6) is 0 Å². The lowest BCUT2D eigenvalue weighted by Gasteiger charge is -2.03. The van der Waals surface area contributed by atoms with Crippen molar-refractivity contribution in [1.29, 1.82) is 0 Å². The van der Waals surface area contributed by atoms with Crippen LogP contribution < -0.4 is 0 Å². The first-order chi connectivity index (χ1) is 9.20. The van der Waals surface area contributed by atoms with Crippen LogP contribution in [0.25, 0.3) is 16.9 Å². The highest BCUT2D eigenvalue weighted by molar-refractivity contribution is 5.66. The molecule has 2 nitrogen and oxygen atoms in total. The van der Waals surface area contributed by atoms with Crippen LogP contribution in [0.1, 0.15) is 23.9 Å². The number of rotatable bonds is 2. The van der Waals surface area contributed by atoms with Gasteiger partial charge in [0.1, 0.15) is 5.65 Å². The van der Waals surface area contributed by atoms with Crippen LogP contribution in [0, 0.1) is 13.8 Å². The van der Waals surface area contributed by atoms with Crippen LogP contribution in [0.3, 0.4) is 0 Å². The van der Waals surface area contributed by atoms with E-state index in [1.165, 1.54) is 22.5 Å². The van der Waals surface area contributed by atoms with E-state index in [4.69, 9.17) is 4.98 Å². The summed E-state index contributed by atoms with van der Waals surface area (Å²) in [5.41, 5.74) is 7.08. The summed E-state index contributed by atoms with van der Waals surface area (Å²) in [6.07, 6.45) is 1.07. The Balaban J connectivity index is 2.19. The molecule has 0 saturated carbocycles. The maximum atomic E-state index is 4.76. The average molecular weight is 250 g/mol. The first-order valence-electron chi connectivity index (χ1n) is 6.74. The lowest BCUT2D eigenvalue weighted by molar-refractivity contribution is 1.04. The van der Waals surface area contributed by atoms with Gasteiger partial charge in [0.05, 0.1) is 5.69 Å². The zero-order valence-corrected chi connectivity index (χ0v) is 11.6. The molecular formula is C17H18N2. The summed E-state index contributed by atoms with van der Waals surface area (Å²) in [7, 11) is 0. The molecule has 0 saturated heterocycles. The van der Waals surface area contributed by atoms with Crippen molar-refractivity contribution in [2.24, 2.45) is 0 Å². The number of benzene rings is 1. The molecule has 0 bridgehead atoms. The molecule has 96 valence electrons. The van der Waals surface area contributed by atoms with Gasteiger partial charge in [-0.15, -0.1) is 0 Å². The van der Waals surface area contributed by atoms with Gasteiger partial charge in [-0.05, 0) is 38.0 Å². The Morgan fingerprint density at radius 2 is 1.74 bits per heavy atom. The number of hydrogen-bond acceptors (Lipinski definition) is 1. The van der Waals surface area contributed by atoms with Gasteiger partial charge in [0, 0.05) is 17.0 Å². The number of fused-ring (bicyclic) bond motifs is 1. The van der Waals surface area contributed by atoms with Crippen molar-refractivity contribution in [1.82, 2.24) is 9.38 Å². The van der Waals surface area contributed by atoms with E-state index in [1.54, 1.807) is 0 Å². The Bertz CT molecular complexity index is 721. The average Bonchev–Trinajstić information content (AvgIpc) is 2.78. The number of aromatic nitrogens is 2. The van der Waals surface area contributed by atoms with E-state index in [1.807, 2.05) is 0 Å². The topological polar surface area (TPSA) is 17.3 Å². The minimum absolute atomic E-state index is 1.02. The quantitative estimate of drug-likeness (QED) is 0.667. The fraction of sp³-hybridized carbons (Fsp3) is 0.235. The van der Waals surface area contributed by atoms with E-state index in [0.717, 1.165) is 17.8 Å². The molecule has 0 aliphatic rings. The number of aryl methyl sites for hydroxylation is 3. The molecule has 0 unspecified atom stereocenters. The standard InChI is InChI=1S/C17H18N2/c1-4-14-8-10-15(11-9-14)17-13(3)19-12(2)6-5-7-16(19)18-17/h5-11H,4H2,1-3H3. The lowest BCUT2D eigenvalue weighted by Crippen LogP contribution is -1.92. The molecular weight excluding hydrogens is 232 g/mol. The predicted octanol–water partition coefficient (Wildman–Crippen LogP) is 4.18. The van der Waals surface area contributed by atoms with E-state index >= 15 is 0 Å². The van der Waals surface area contributed by atoms with E-state index < -0.39 is 0 Å². The molecule has 0 amide bonds. The highest BCUT2D eigenvalue weighted by Gasteiger charge is 2.11. The Labute approximate surface area is 113 Å². The van der Waals surface area contributed by atoms with Crippen LogP contribution in [0.15, 0.2) is 42.5 Å². The van der Waals surface area contributed by atoms with Gasteiger partial charge in [0.25, 0.3) is 0 Å². The van der Waals surface area contributed by atoms with Crippen LogP contribution in [0.2, 0.25) is 0 Å². The molecule has 1 aromatic carbocycles. The Morgan fingerprint density at radius 1 is 1.00 bits per heavy atom. The zero-order valence-electron chi connectivity index (χ0n) is 11.6. The zero-order chi connectivity index (χ0) is 13.4. The maximum absolute atomic E-state index is 4.76. The molecule has 2 heteroatoms. The predicted molar refractivity (Wildman–Crippen MR) is 79.5 cm³/mol. The molecule has 2 aromatic heterocycles. The second kappa shape index (κ2) is 4.54. The van der Waals surface area contributed by atoms with Crippen molar-refractivity contribution >= 4 is 5.65 Å². The molecule has 19 heavy (non-hydrogen) atoms. The van der Waals surface area contributed by atoms with Crippen LogP contribution in [0.4, 0.5) is 0 Å². The van der Waals surface area contributed by atoms with E-state index in [2.05, 4.69) is 67.6 Å². The van der Waals surface area contributed by atoms with Gasteiger partial charge < -0.3 is 4.40 Å². The normalized spacial score (nSPS) is 11.1. The van der Waals surface area contributed by atoms with Crippen LogP contribution in [-0.2, 0) is 6.42 Å². The minimum Gasteiger partial charge on any atom is -0.301 e. The van der Waals surface area contributed by atoms with Gasteiger partial charge in [-0.1, -0.05) is 37.3 Å². The van der Waals surface area contributed by atoms with Crippen LogP contribution in [-0.4, -0.2) is 9.38 Å². The maximum Gasteiger partial charge on any atom is 0.137 e. The molecule has 0 aliphatic carbocycles. The SMILES string of the molecule is CCc1ccc(-c2nc3cccc(C)n3c2C)cc1. The molecule has 3 aromatic rings. The van der Waals surface area contributed by atoms with Gasteiger partial charge in [-0.2, -0.15) is 0 Å². The molecule has 0 N–H and O–H groups in total. The number of imidazole rings is 1. The van der Waals surface area contributed by atoms with Gasteiger partial charge in [0.2, 0.25) is 0 Å². The first kappa shape index (κ1) is 12.0. The third-order valence-electron chi connectivity index (χ3n) is 3.70. The largest absolute Gasteiger partial charge is 0.301 e. The molecule has 2 heterocycles. The Kier molecular flexibility index (Phi) is 2.86. The number of nitrogens with zero attached hydrogens (tertiary/aromatic N) is 2. The summed E-state index contributed by atoms with van der Waals surface area (Å²) in [5.74, 6) is 0. The molecule has 0 aliphatic heterocycles. The summed E-state index contributed by atoms with van der Waals surface area (Å²) in [4.78, 5) is 4.76. The number of hydrogen-bond donors (Lipinski definition) is 0. The monoisotopic (exact) mass is 250 g/mol. The molecule has 0 radical (unpaired) electrons. The van der Waals surface area contributed by atoms with Gasteiger partial charge >= 0.3 is 0 Å². The van der Waals surface area contributed by atoms with Crippen molar-refractivity contribution < 1.29 is 0 Å². The van der Waals surface area contributed by atoms with Crippen molar-refractivity contribution in [2.75, 3.05) is 0 Å². The minimum atomic E-state index is 1.02. The van der Waals surface area contributed by atoms with E-state index in [-0.39, 0.29) is 0 Å². The molecule has 0 fully saturated rings. The van der Waals surface area contributed by atoms with Crippen molar-refractivity contribution in [3.05, 3.63) is 59.4 Å². The fourth-order valence-corrected chi connectivity index (χ4v) is 2.60. The summed E-state index contributed by atoms with van der Waals surface area (Å²) < 4.78 is 2.21. The van der Waals surface area contributed by atoms with Gasteiger partial charge in [-0.3, -0.25) is 0 Å².